The predicted octanol–water partition coefficient (Wildman–Crippen LogP) is 2.16. The molecule has 0 spiro atoms. The Morgan fingerprint density at radius 3 is 2.56 bits per heavy atom. The molecule has 0 unspecified atom stereocenters. The summed E-state index contributed by atoms with van der Waals surface area (Å²) in [5.41, 5.74) is 0.496. The zero-order valence-electron chi connectivity index (χ0n) is 9.07. The minimum Gasteiger partial charge on any atom is -0.493 e. The first-order chi connectivity index (χ1) is 7.48. The molecule has 0 aliphatic carbocycles. The van der Waals surface area contributed by atoms with Gasteiger partial charge in [0, 0.05) is 16.2 Å². The highest BCUT2D eigenvalue weighted by Gasteiger charge is 2.15. The molecule has 0 amide bonds. The summed E-state index contributed by atoms with van der Waals surface area (Å²) < 4.78 is 32.5. The van der Waals surface area contributed by atoms with Gasteiger partial charge in [-0.05, 0) is 13.0 Å². The lowest BCUT2D eigenvalue weighted by molar-refractivity contribution is 0.308. The highest BCUT2D eigenvalue weighted by molar-refractivity contribution is 8.13. The van der Waals surface area contributed by atoms with Crippen LogP contribution in [0.1, 0.15) is 12.5 Å². The maximum absolute atomic E-state index is 11.0. The molecule has 0 aliphatic rings. The van der Waals surface area contributed by atoms with Crippen LogP contribution in [-0.2, 0) is 14.8 Å². The van der Waals surface area contributed by atoms with Crippen LogP contribution >= 0.6 is 10.7 Å². The Morgan fingerprint density at radius 1 is 1.38 bits per heavy atom. The molecule has 16 heavy (non-hydrogen) atoms. The molecule has 0 fully saturated rings. The van der Waals surface area contributed by atoms with E-state index in [0.29, 0.717) is 23.7 Å². The Balaban J connectivity index is 3.16. The van der Waals surface area contributed by atoms with E-state index in [-0.39, 0.29) is 5.75 Å². The van der Waals surface area contributed by atoms with Crippen LogP contribution in [-0.4, -0.2) is 22.1 Å². The normalized spacial score (nSPS) is 11.2. The van der Waals surface area contributed by atoms with Crippen molar-refractivity contribution in [3.8, 4) is 11.5 Å². The summed E-state index contributed by atoms with van der Waals surface area (Å²) in [6.45, 7) is 2.24. The van der Waals surface area contributed by atoms with Crippen molar-refractivity contribution in [2.75, 3.05) is 13.7 Å². The zero-order chi connectivity index (χ0) is 12.2. The molecular formula is C10H13ClO4S. The highest BCUT2D eigenvalue weighted by Crippen LogP contribution is 2.32. The lowest BCUT2D eigenvalue weighted by atomic mass is 10.2. The quantitative estimate of drug-likeness (QED) is 0.765. The molecule has 0 saturated carbocycles. The van der Waals surface area contributed by atoms with Crippen LogP contribution in [0.5, 0.6) is 11.5 Å². The average molecular weight is 265 g/mol. The number of rotatable bonds is 5. The third-order valence-electron chi connectivity index (χ3n) is 1.90. The van der Waals surface area contributed by atoms with Crippen LogP contribution < -0.4 is 9.47 Å². The van der Waals surface area contributed by atoms with Crippen molar-refractivity contribution in [1.29, 1.82) is 0 Å². The van der Waals surface area contributed by atoms with E-state index in [1.54, 1.807) is 18.2 Å². The molecule has 1 aromatic rings. The van der Waals surface area contributed by atoms with Crippen LogP contribution in [0.2, 0.25) is 0 Å². The molecule has 1 aromatic carbocycles. The van der Waals surface area contributed by atoms with Gasteiger partial charge in [-0.25, -0.2) is 8.42 Å². The van der Waals surface area contributed by atoms with Gasteiger partial charge in [0.2, 0.25) is 9.05 Å². The van der Waals surface area contributed by atoms with E-state index in [9.17, 15) is 8.42 Å². The standard InChI is InChI=1S/C10H13ClO4S/c1-3-15-10-8(7-16(11,12)13)5-4-6-9(10)14-2/h4-6H,3,7H2,1-2H3. The van der Waals surface area contributed by atoms with Crippen LogP contribution in [0.15, 0.2) is 18.2 Å². The fourth-order valence-corrected chi connectivity index (χ4v) is 2.28. The Hall–Kier alpha value is -0.940. The third-order valence-corrected chi connectivity index (χ3v) is 2.88. The van der Waals surface area contributed by atoms with Gasteiger partial charge in [-0.3, -0.25) is 0 Å². The van der Waals surface area contributed by atoms with E-state index in [4.69, 9.17) is 20.2 Å². The number of hydrogen-bond donors (Lipinski definition) is 0. The summed E-state index contributed by atoms with van der Waals surface area (Å²) in [5, 5.41) is 0. The van der Waals surface area contributed by atoms with Crippen molar-refractivity contribution in [3.05, 3.63) is 23.8 Å². The first-order valence-corrected chi connectivity index (χ1v) is 7.16. The van der Waals surface area contributed by atoms with E-state index in [2.05, 4.69) is 0 Å². The van der Waals surface area contributed by atoms with Gasteiger partial charge in [0.1, 0.15) is 0 Å². The molecule has 90 valence electrons. The molecule has 0 atom stereocenters. The summed E-state index contributed by atoms with van der Waals surface area (Å²) in [7, 11) is 3.10. The van der Waals surface area contributed by atoms with Crippen LogP contribution in [0.4, 0.5) is 0 Å². The molecule has 0 N–H and O–H groups in total. The van der Waals surface area contributed by atoms with Crippen molar-refractivity contribution in [3.63, 3.8) is 0 Å². The number of halogens is 1. The average Bonchev–Trinajstić information content (AvgIpc) is 2.18. The number of benzene rings is 1. The zero-order valence-corrected chi connectivity index (χ0v) is 10.6. The van der Waals surface area contributed by atoms with Crippen LogP contribution in [0.3, 0.4) is 0 Å². The molecule has 0 bridgehead atoms. The smallest absolute Gasteiger partial charge is 0.236 e. The molecule has 6 heteroatoms. The Bertz CT molecular complexity index is 456. The molecule has 0 aromatic heterocycles. The first-order valence-electron chi connectivity index (χ1n) is 4.69. The second kappa shape index (κ2) is 5.41. The number of para-hydroxylation sites is 1. The van der Waals surface area contributed by atoms with E-state index >= 15 is 0 Å². The summed E-state index contributed by atoms with van der Waals surface area (Å²) >= 11 is 0. The first kappa shape index (κ1) is 13.1. The van der Waals surface area contributed by atoms with Crippen molar-refractivity contribution < 1.29 is 17.9 Å². The largest absolute Gasteiger partial charge is 0.493 e. The van der Waals surface area contributed by atoms with Crippen LogP contribution in [0.25, 0.3) is 0 Å². The lowest BCUT2D eigenvalue weighted by Crippen LogP contribution is -2.02. The second-order valence-electron chi connectivity index (χ2n) is 3.06. The van der Waals surface area contributed by atoms with E-state index in [1.165, 1.54) is 7.11 Å². The minimum atomic E-state index is -3.61. The topological polar surface area (TPSA) is 52.6 Å². The number of methoxy groups -OCH3 is 1. The summed E-state index contributed by atoms with van der Waals surface area (Å²) in [6, 6.07) is 5.04. The van der Waals surface area contributed by atoms with E-state index in [0.717, 1.165) is 0 Å². The van der Waals surface area contributed by atoms with Gasteiger partial charge < -0.3 is 9.47 Å². The summed E-state index contributed by atoms with van der Waals surface area (Å²) in [5.74, 6) is 0.651. The predicted molar refractivity (Wildman–Crippen MR) is 62.6 cm³/mol. The van der Waals surface area contributed by atoms with Gasteiger partial charge in [-0.1, -0.05) is 12.1 Å². The molecule has 0 aliphatic heterocycles. The minimum absolute atomic E-state index is 0.277. The Labute approximate surface area is 99.6 Å². The van der Waals surface area contributed by atoms with E-state index in [1.807, 2.05) is 6.92 Å². The van der Waals surface area contributed by atoms with Gasteiger partial charge >= 0.3 is 0 Å². The van der Waals surface area contributed by atoms with Crippen molar-refractivity contribution in [2.24, 2.45) is 0 Å². The maximum Gasteiger partial charge on any atom is 0.236 e. The van der Waals surface area contributed by atoms with Gasteiger partial charge in [-0.2, -0.15) is 0 Å². The lowest BCUT2D eigenvalue weighted by Gasteiger charge is -2.12. The molecule has 0 radical (unpaired) electrons. The van der Waals surface area contributed by atoms with Crippen LogP contribution in [0, 0.1) is 0 Å². The third kappa shape index (κ3) is 3.57. The summed E-state index contributed by atoms with van der Waals surface area (Å²) in [6.07, 6.45) is 0. The Morgan fingerprint density at radius 2 is 2.06 bits per heavy atom. The number of ether oxygens (including phenoxy) is 2. The molecule has 1 rings (SSSR count). The van der Waals surface area contributed by atoms with E-state index < -0.39 is 9.05 Å². The monoisotopic (exact) mass is 264 g/mol. The SMILES string of the molecule is CCOc1c(CS(=O)(=O)Cl)cccc1OC. The number of hydrogen-bond acceptors (Lipinski definition) is 4. The van der Waals surface area contributed by atoms with Crippen molar-refractivity contribution in [2.45, 2.75) is 12.7 Å². The molecule has 0 heterocycles. The van der Waals surface area contributed by atoms with Crippen molar-refractivity contribution >= 4 is 19.7 Å². The molecular weight excluding hydrogens is 252 g/mol. The fourth-order valence-electron chi connectivity index (χ4n) is 1.33. The maximum atomic E-state index is 11.0. The molecule has 4 nitrogen and oxygen atoms in total. The Kier molecular flexibility index (Phi) is 4.44. The molecule has 0 saturated heterocycles. The highest BCUT2D eigenvalue weighted by atomic mass is 35.7. The van der Waals surface area contributed by atoms with Gasteiger partial charge in [0.15, 0.2) is 11.5 Å². The fraction of sp³-hybridized carbons (Fsp3) is 0.400. The van der Waals surface area contributed by atoms with Crippen molar-refractivity contribution in [1.82, 2.24) is 0 Å². The van der Waals surface area contributed by atoms with Gasteiger partial charge in [0.25, 0.3) is 0 Å². The second-order valence-corrected chi connectivity index (χ2v) is 5.84. The van der Waals surface area contributed by atoms with Gasteiger partial charge in [0.05, 0.1) is 19.5 Å². The summed E-state index contributed by atoms with van der Waals surface area (Å²) in [4.78, 5) is 0. The van der Waals surface area contributed by atoms with Gasteiger partial charge in [-0.15, -0.1) is 0 Å².